The molecular formula is C19H19Cl2N3O2S. The predicted octanol–water partition coefficient (Wildman–Crippen LogP) is 4.57. The molecular weight excluding hydrogens is 405 g/mol. The van der Waals surface area contributed by atoms with Gasteiger partial charge < -0.3 is 5.73 Å². The lowest BCUT2D eigenvalue weighted by Crippen LogP contribution is -2.24. The van der Waals surface area contributed by atoms with Gasteiger partial charge in [-0.3, -0.25) is 14.2 Å². The molecule has 1 amide bonds. The van der Waals surface area contributed by atoms with E-state index >= 15 is 0 Å². The average molecular weight is 424 g/mol. The summed E-state index contributed by atoms with van der Waals surface area (Å²) in [6.07, 6.45) is 1.50. The van der Waals surface area contributed by atoms with Crippen LogP contribution in [-0.4, -0.2) is 15.5 Å². The van der Waals surface area contributed by atoms with Crippen LogP contribution in [0.15, 0.2) is 23.0 Å². The zero-order valence-corrected chi connectivity index (χ0v) is 17.3. The smallest absolute Gasteiger partial charge is 0.262 e. The van der Waals surface area contributed by atoms with Crippen LogP contribution in [0, 0.1) is 6.92 Å². The SMILES string of the molecule is CCc1sc2nc(C)n(CCCC(N)=O)c(=O)c2c1-c1ccc(Cl)c(Cl)c1. The first kappa shape index (κ1) is 19.9. The van der Waals surface area contributed by atoms with Crippen LogP contribution in [0.2, 0.25) is 10.0 Å². The Labute approximate surface area is 170 Å². The molecule has 142 valence electrons. The van der Waals surface area contributed by atoms with Crippen molar-refractivity contribution >= 4 is 50.7 Å². The molecule has 3 aromatic rings. The number of aromatic nitrogens is 2. The van der Waals surface area contributed by atoms with E-state index < -0.39 is 0 Å². The number of primary amides is 1. The lowest BCUT2D eigenvalue weighted by atomic mass is 10.0. The van der Waals surface area contributed by atoms with Gasteiger partial charge in [-0.2, -0.15) is 0 Å². The molecule has 0 fully saturated rings. The number of carbonyl (C=O) groups is 1. The van der Waals surface area contributed by atoms with Crippen molar-refractivity contribution in [3.8, 4) is 11.1 Å². The topological polar surface area (TPSA) is 78.0 Å². The number of rotatable bonds is 6. The highest BCUT2D eigenvalue weighted by atomic mass is 35.5. The molecule has 0 unspecified atom stereocenters. The summed E-state index contributed by atoms with van der Waals surface area (Å²) in [5, 5.41) is 1.49. The van der Waals surface area contributed by atoms with Crippen LogP contribution < -0.4 is 11.3 Å². The highest BCUT2D eigenvalue weighted by Gasteiger charge is 2.20. The molecule has 0 radical (unpaired) electrons. The second-order valence-corrected chi connectivity index (χ2v) is 8.15. The van der Waals surface area contributed by atoms with Gasteiger partial charge in [0.2, 0.25) is 5.91 Å². The molecule has 2 N–H and O–H groups in total. The Bertz CT molecular complexity index is 1090. The van der Waals surface area contributed by atoms with Gasteiger partial charge in [0.25, 0.3) is 5.56 Å². The Morgan fingerprint density at radius 2 is 2.04 bits per heavy atom. The van der Waals surface area contributed by atoms with E-state index in [9.17, 15) is 9.59 Å². The summed E-state index contributed by atoms with van der Waals surface area (Å²) in [6, 6.07) is 5.38. The lowest BCUT2D eigenvalue weighted by Gasteiger charge is -2.10. The molecule has 2 heterocycles. The minimum atomic E-state index is -0.380. The monoisotopic (exact) mass is 423 g/mol. The van der Waals surface area contributed by atoms with Crippen molar-refractivity contribution in [1.29, 1.82) is 0 Å². The number of hydrogen-bond donors (Lipinski definition) is 1. The number of nitrogens with two attached hydrogens (primary N) is 1. The van der Waals surface area contributed by atoms with Gasteiger partial charge in [-0.05, 0) is 37.5 Å². The maximum absolute atomic E-state index is 13.3. The largest absolute Gasteiger partial charge is 0.370 e. The molecule has 27 heavy (non-hydrogen) atoms. The van der Waals surface area contributed by atoms with Gasteiger partial charge in [0.1, 0.15) is 10.7 Å². The maximum Gasteiger partial charge on any atom is 0.262 e. The Balaban J connectivity index is 2.21. The van der Waals surface area contributed by atoms with E-state index in [-0.39, 0.29) is 17.9 Å². The van der Waals surface area contributed by atoms with E-state index in [4.69, 9.17) is 28.9 Å². The third kappa shape index (κ3) is 3.88. The Morgan fingerprint density at radius 1 is 1.30 bits per heavy atom. The first-order valence-corrected chi connectivity index (χ1v) is 10.2. The lowest BCUT2D eigenvalue weighted by molar-refractivity contribution is -0.118. The van der Waals surface area contributed by atoms with Crippen molar-refractivity contribution in [2.24, 2.45) is 5.73 Å². The van der Waals surface area contributed by atoms with E-state index in [2.05, 4.69) is 4.98 Å². The summed E-state index contributed by atoms with van der Waals surface area (Å²) in [6.45, 7) is 4.24. The second-order valence-electron chi connectivity index (χ2n) is 6.25. The van der Waals surface area contributed by atoms with Crippen LogP contribution in [0.5, 0.6) is 0 Å². The molecule has 0 aliphatic carbocycles. The third-order valence-corrected chi connectivity index (χ3v) is 6.38. The van der Waals surface area contributed by atoms with E-state index in [1.165, 1.54) is 11.3 Å². The maximum atomic E-state index is 13.3. The number of carbonyl (C=O) groups excluding carboxylic acids is 1. The molecule has 0 saturated heterocycles. The van der Waals surface area contributed by atoms with Crippen LogP contribution in [0.4, 0.5) is 0 Å². The first-order chi connectivity index (χ1) is 12.8. The number of fused-ring (bicyclic) bond motifs is 1. The van der Waals surface area contributed by atoms with Crippen molar-refractivity contribution in [1.82, 2.24) is 9.55 Å². The Kier molecular flexibility index (Phi) is 5.89. The van der Waals surface area contributed by atoms with Gasteiger partial charge in [-0.25, -0.2) is 4.98 Å². The predicted molar refractivity (Wildman–Crippen MR) is 112 cm³/mol. The second kappa shape index (κ2) is 8.00. The summed E-state index contributed by atoms with van der Waals surface area (Å²) in [5.74, 6) is 0.247. The molecule has 5 nitrogen and oxygen atoms in total. The molecule has 0 atom stereocenters. The summed E-state index contributed by atoms with van der Waals surface area (Å²) in [5.41, 5.74) is 6.80. The fraction of sp³-hybridized carbons (Fsp3) is 0.316. The van der Waals surface area contributed by atoms with Crippen molar-refractivity contribution in [3.05, 3.63) is 49.3 Å². The number of aryl methyl sites for hydroxylation is 2. The van der Waals surface area contributed by atoms with Gasteiger partial charge in [-0.15, -0.1) is 11.3 Å². The van der Waals surface area contributed by atoms with Gasteiger partial charge in [-0.1, -0.05) is 36.2 Å². The quantitative estimate of drug-likeness (QED) is 0.630. The fourth-order valence-electron chi connectivity index (χ4n) is 3.11. The first-order valence-electron chi connectivity index (χ1n) is 8.60. The van der Waals surface area contributed by atoms with Crippen LogP contribution in [0.1, 0.15) is 30.5 Å². The Hall–Kier alpha value is -1.89. The summed E-state index contributed by atoms with van der Waals surface area (Å²) >= 11 is 13.8. The van der Waals surface area contributed by atoms with Gasteiger partial charge in [0.05, 0.1) is 15.4 Å². The number of nitrogens with zero attached hydrogens (tertiary/aromatic N) is 2. The van der Waals surface area contributed by atoms with Crippen molar-refractivity contribution in [2.45, 2.75) is 39.7 Å². The van der Waals surface area contributed by atoms with Crippen LogP contribution in [0.3, 0.4) is 0 Å². The number of benzene rings is 1. The minimum absolute atomic E-state index is 0.112. The molecule has 2 aromatic heterocycles. The highest BCUT2D eigenvalue weighted by molar-refractivity contribution is 7.19. The molecule has 0 saturated carbocycles. The molecule has 0 bridgehead atoms. The summed E-state index contributed by atoms with van der Waals surface area (Å²) in [4.78, 5) is 30.7. The fourth-order valence-corrected chi connectivity index (χ4v) is 4.58. The zero-order valence-electron chi connectivity index (χ0n) is 15.0. The van der Waals surface area contributed by atoms with E-state index in [1.54, 1.807) is 23.6 Å². The van der Waals surface area contributed by atoms with Crippen molar-refractivity contribution in [3.63, 3.8) is 0 Å². The standard InChI is InChI=1S/C19H19Cl2N3O2S/c1-3-14-16(11-6-7-12(20)13(21)9-11)17-18(27-14)23-10(2)24(19(17)26)8-4-5-15(22)25/h6-7,9H,3-5,8H2,1-2H3,(H2,22,25). The molecule has 8 heteroatoms. The number of thiophene rings is 1. The van der Waals surface area contributed by atoms with Crippen LogP contribution in [-0.2, 0) is 17.8 Å². The normalized spacial score (nSPS) is 11.3. The number of hydrogen-bond acceptors (Lipinski definition) is 4. The number of halogens is 2. The average Bonchev–Trinajstić information content (AvgIpc) is 2.98. The van der Waals surface area contributed by atoms with Crippen LogP contribution in [0.25, 0.3) is 21.3 Å². The van der Waals surface area contributed by atoms with Crippen molar-refractivity contribution < 1.29 is 4.79 Å². The van der Waals surface area contributed by atoms with E-state index in [0.717, 1.165) is 22.4 Å². The summed E-state index contributed by atoms with van der Waals surface area (Å²) < 4.78 is 1.61. The van der Waals surface area contributed by atoms with E-state index in [1.807, 2.05) is 13.0 Å². The summed E-state index contributed by atoms with van der Waals surface area (Å²) in [7, 11) is 0. The van der Waals surface area contributed by atoms with Crippen molar-refractivity contribution in [2.75, 3.05) is 0 Å². The van der Waals surface area contributed by atoms with Gasteiger partial charge in [0, 0.05) is 23.4 Å². The minimum Gasteiger partial charge on any atom is -0.370 e. The third-order valence-electron chi connectivity index (χ3n) is 4.41. The molecule has 0 aliphatic rings. The highest BCUT2D eigenvalue weighted by Crippen LogP contribution is 2.38. The van der Waals surface area contributed by atoms with Gasteiger partial charge >= 0.3 is 0 Å². The van der Waals surface area contributed by atoms with Gasteiger partial charge in [0.15, 0.2) is 0 Å². The molecule has 3 rings (SSSR count). The number of amides is 1. The van der Waals surface area contributed by atoms with Crippen LogP contribution >= 0.6 is 34.5 Å². The Morgan fingerprint density at radius 3 is 2.67 bits per heavy atom. The molecule has 1 aromatic carbocycles. The van der Waals surface area contributed by atoms with E-state index in [0.29, 0.717) is 39.1 Å². The molecule has 0 spiro atoms. The molecule has 0 aliphatic heterocycles. The zero-order chi connectivity index (χ0) is 19.7.